The van der Waals surface area contributed by atoms with Gasteiger partial charge in [0, 0.05) is 69.6 Å². The molecule has 3 aromatic carbocycles. The summed E-state index contributed by atoms with van der Waals surface area (Å²) in [6.45, 7) is 4.77. The van der Waals surface area contributed by atoms with Crippen molar-refractivity contribution in [1.82, 2.24) is 33.9 Å². The quantitative estimate of drug-likeness (QED) is 0.150. The number of halogens is 2. The van der Waals surface area contributed by atoms with E-state index in [0.29, 0.717) is 52.4 Å². The van der Waals surface area contributed by atoms with E-state index in [1.165, 1.54) is 41.3 Å². The van der Waals surface area contributed by atoms with Crippen LogP contribution in [-0.2, 0) is 16.6 Å². The fourth-order valence-corrected chi connectivity index (χ4v) is 9.63. The van der Waals surface area contributed by atoms with Crippen LogP contribution in [0.15, 0.2) is 53.6 Å². The van der Waals surface area contributed by atoms with E-state index >= 15 is 8.78 Å². The van der Waals surface area contributed by atoms with Crippen LogP contribution in [0.25, 0.3) is 21.8 Å². The number of likely N-dealkylation sites (tertiary alicyclic amines) is 1. The number of imide groups is 1. The molecule has 9 rings (SSSR count). The van der Waals surface area contributed by atoms with E-state index in [2.05, 4.69) is 25.0 Å². The standard InChI is InChI=1S/C42H44F2N10O5S/c1-4-50(2)60-49-35-12-10-32(43)38(31(35)19-45)59-27-9-11-34-29(15-27)40(56)54(23-46-34)26-18-42(58-20-26)21-52(22-42)25-7-5-24(6-8-25)28-17-36-30(16-33(28)44)39(48-51(36)3)53-14-13-37(55)47-41(53)57/h9-12,15-17,23-26,49H,4-8,13-14,18,20-22H2,1-3H3,(H,47,55,57). The Hall–Kier alpha value is -5.61. The first kappa shape index (κ1) is 39.8. The summed E-state index contributed by atoms with van der Waals surface area (Å²) in [6, 6.07) is 12.4. The molecule has 3 saturated heterocycles. The second-order valence-electron chi connectivity index (χ2n) is 16.1. The molecule has 18 heteroatoms. The third kappa shape index (κ3) is 7.22. The normalized spacial score (nSPS) is 21.8. The topological polar surface area (TPSA) is 163 Å². The Balaban J connectivity index is 0.835. The number of hydrogen-bond donors (Lipinski definition) is 2. The Kier molecular flexibility index (Phi) is 10.5. The van der Waals surface area contributed by atoms with Crippen LogP contribution >= 0.6 is 12.1 Å². The first-order valence-corrected chi connectivity index (χ1v) is 20.9. The largest absolute Gasteiger partial charge is 0.453 e. The molecule has 1 saturated carbocycles. The van der Waals surface area contributed by atoms with E-state index in [1.807, 2.05) is 30.4 Å². The van der Waals surface area contributed by atoms with Gasteiger partial charge < -0.3 is 14.2 Å². The lowest BCUT2D eigenvalue weighted by molar-refractivity contribution is -0.130. The van der Waals surface area contributed by atoms with Crippen LogP contribution in [0.1, 0.15) is 68.5 Å². The summed E-state index contributed by atoms with van der Waals surface area (Å²) in [5, 5.41) is 17.6. The Bertz CT molecular complexity index is 2630. The van der Waals surface area contributed by atoms with Crippen molar-refractivity contribution in [2.45, 2.75) is 69.1 Å². The smallest absolute Gasteiger partial charge is 0.329 e. The number of rotatable bonds is 10. The lowest BCUT2D eigenvalue weighted by Crippen LogP contribution is -2.64. The highest BCUT2D eigenvalue weighted by Gasteiger charge is 2.52. The van der Waals surface area contributed by atoms with Gasteiger partial charge >= 0.3 is 6.03 Å². The number of benzene rings is 3. The maximum absolute atomic E-state index is 15.8. The molecule has 2 aromatic heterocycles. The van der Waals surface area contributed by atoms with Crippen LogP contribution in [0.3, 0.4) is 0 Å². The molecular weight excluding hydrogens is 795 g/mol. The minimum atomic E-state index is -0.704. The molecule has 60 heavy (non-hydrogen) atoms. The number of aryl methyl sites for hydroxylation is 1. The van der Waals surface area contributed by atoms with Crippen molar-refractivity contribution < 1.29 is 27.8 Å². The van der Waals surface area contributed by atoms with Gasteiger partial charge in [0.05, 0.1) is 46.7 Å². The molecule has 1 aliphatic carbocycles. The minimum Gasteiger partial charge on any atom is -0.453 e. The van der Waals surface area contributed by atoms with Gasteiger partial charge in [-0.15, -0.1) is 0 Å². The number of nitriles is 1. The van der Waals surface area contributed by atoms with Crippen molar-refractivity contribution in [3.63, 3.8) is 0 Å². The minimum absolute atomic E-state index is 0.00493. The Labute approximate surface area is 348 Å². The summed E-state index contributed by atoms with van der Waals surface area (Å²) in [4.78, 5) is 46.5. The van der Waals surface area contributed by atoms with E-state index in [9.17, 15) is 19.6 Å². The first-order chi connectivity index (χ1) is 28.9. The zero-order valence-electron chi connectivity index (χ0n) is 33.4. The summed E-state index contributed by atoms with van der Waals surface area (Å²) >= 11 is 1.27. The molecule has 312 valence electrons. The molecule has 5 aromatic rings. The number of ether oxygens (including phenoxy) is 2. The number of urea groups is 1. The third-order valence-corrected chi connectivity index (χ3v) is 13.3. The number of hydrogen-bond acceptors (Lipinski definition) is 12. The molecule has 4 aliphatic rings. The first-order valence-electron chi connectivity index (χ1n) is 20.1. The van der Waals surface area contributed by atoms with Crippen LogP contribution < -0.4 is 25.2 Å². The van der Waals surface area contributed by atoms with E-state index < -0.39 is 11.8 Å². The predicted octanol–water partition coefficient (Wildman–Crippen LogP) is 6.34. The molecule has 1 unspecified atom stereocenters. The van der Waals surface area contributed by atoms with Crippen molar-refractivity contribution in [2.24, 2.45) is 7.05 Å². The molecular formula is C42H44F2N10O5S. The van der Waals surface area contributed by atoms with Gasteiger partial charge in [0.25, 0.3) is 5.56 Å². The number of fused-ring (bicyclic) bond motifs is 2. The molecule has 15 nitrogen and oxygen atoms in total. The van der Waals surface area contributed by atoms with Crippen molar-refractivity contribution in [2.75, 3.05) is 49.5 Å². The molecule has 3 aliphatic heterocycles. The van der Waals surface area contributed by atoms with E-state index in [0.717, 1.165) is 50.8 Å². The predicted molar refractivity (Wildman–Crippen MR) is 222 cm³/mol. The zero-order chi connectivity index (χ0) is 41.9. The lowest BCUT2D eigenvalue weighted by Gasteiger charge is -2.52. The maximum Gasteiger partial charge on any atom is 0.329 e. The van der Waals surface area contributed by atoms with Crippen molar-refractivity contribution >= 4 is 57.4 Å². The summed E-state index contributed by atoms with van der Waals surface area (Å²) in [7, 11) is 3.65. The Morgan fingerprint density at radius 3 is 2.62 bits per heavy atom. The Morgan fingerprint density at radius 2 is 1.87 bits per heavy atom. The van der Waals surface area contributed by atoms with Gasteiger partial charge in [-0.05, 0) is 86.7 Å². The fourth-order valence-electron chi connectivity index (χ4n) is 9.08. The number of nitrogens with one attached hydrogen (secondary N) is 2. The second kappa shape index (κ2) is 15.8. The average molecular weight is 839 g/mol. The molecule has 5 heterocycles. The third-order valence-electron chi connectivity index (χ3n) is 12.4. The van der Waals surface area contributed by atoms with Crippen LogP contribution in [0.5, 0.6) is 11.5 Å². The molecule has 3 amide bonds. The van der Waals surface area contributed by atoms with Crippen LogP contribution in [0.2, 0.25) is 0 Å². The number of amides is 3. The summed E-state index contributed by atoms with van der Waals surface area (Å²) < 4.78 is 51.4. The van der Waals surface area contributed by atoms with E-state index in [1.54, 1.807) is 34.8 Å². The Morgan fingerprint density at radius 1 is 1.07 bits per heavy atom. The molecule has 1 spiro atoms. The summed E-state index contributed by atoms with van der Waals surface area (Å²) in [6.07, 6.45) is 5.84. The van der Waals surface area contributed by atoms with Crippen LogP contribution in [0, 0.1) is 23.0 Å². The van der Waals surface area contributed by atoms with Gasteiger partial charge in [0.15, 0.2) is 17.4 Å². The van der Waals surface area contributed by atoms with Gasteiger partial charge in [-0.2, -0.15) is 10.4 Å². The van der Waals surface area contributed by atoms with Gasteiger partial charge in [0.2, 0.25) is 5.91 Å². The lowest BCUT2D eigenvalue weighted by atomic mass is 9.78. The van der Waals surface area contributed by atoms with Gasteiger partial charge in [-0.25, -0.2) is 22.9 Å². The molecule has 0 radical (unpaired) electrons. The number of carbonyl (C=O) groups excluding carboxylic acids is 2. The highest BCUT2D eigenvalue weighted by Crippen LogP contribution is 2.45. The molecule has 4 fully saturated rings. The van der Waals surface area contributed by atoms with Gasteiger partial charge in [-0.3, -0.25) is 34.0 Å². The number of anilines is 2. The second-order valence-corrected chi connectivity index (χ2v) is 17.2. The average Bonchev–Trinajstić information content (AvgIpc) is 3.81. The number of aromatic nitrogens is 4. The maximum atomic E-state index is 15.8. The van der Waals surface area contributed by atoms with Gasteiger partial charge in [0.1, 0.15) is 23.2 Å². The molecule has 0 bridgehead atoms. The monoisotopic (exact) mass is 838 g/mol. The number of carbonyl (C=O) groups is 2. The fraction of sp³-hybridized carbons (Fsp3) is 0.429. The van der Waals surface area contributed by atoms with Gasteiger partial charge in [-0.1, -0.05) is 6.92 Å². The van der Waals surface area contributed by atoms with E-state index in [-0.39, 0.29) is 64.9 Å². The summed E-state index contributed by atoms with van der Waals surface area (Å²) in [5.41, 5.74) is 1.62. The van der Waals surface area contributed by atoms with E-state index in [4.69, 9.17) is 9.47 Å². The summed E-state index contributed by atoms with van der Waals surface area (Å²) in [5.74, 6) is -1.02. The van der Waals surface area contributed by atoms with Crippen molar-refractivity contribution in [3.8, 4) is 17.6 Å². The zero-order valence-corrected chi connectivity index (χ0v) is 34.2. The highest BCUT2D eigenvalue weighted by molar-refractivity contribution is 7.98. The number of nitrogens with zero attached hydrogens (tertiary/aromatic N) is 8. The molecule has 2 N–H and O–H groups in total. The van der Waals surface area contributed by atoms with Crippen LogP contribution in [0.4, 0.5) is 25.1 Å². The SMILES string of the molecule is CCN(C)SNc1ccc(F)c(Oc2ccc3ncn(C4COC5(C4)CN(C4CCC(c6cc7c(cc6F)c(N6CCC(=O)NC6=O)nn7C)CC4)C5)c(=O)c3c2)c1C#N. The highest BCUT2D eigenvalue weighted by atomic mass is 32.2. The molecule has 1 atom stereocenters. The van der Waals surface area contributed by atoms with Crippen molar-refractivity contribution in [3.05, 3.63) is 81.9 Å². The van der Waals surface area contributed by atoms with Crippen LogP contribution in [-0.4, -0.2) is 92.0 Å². The van der Waals surface area contributed by atoms with Crippen molar-refractivity contribution in [1.29, 1.82) is 5.26 Å².